The fourth-order valence-electron chi connectivity index (χ4n) is 1.88. The van der Waals surface area contributed by atoms with Crippen LogP contribution in [0.25, 0.3) is 0 Å². The van der Waals surface area contributed by atoms with Gasteiger partial charge >= 0.3 is 0 Å². The Balaban J connectivity index is 2.38. The van der Waals surface area contributed by atoms with Gasteiger partial charge in [0.1, 0.15) is 0 Å². The molecule has 3 heteroatoms. The largest absolute Gasteiger partial charge is 0.310 e. The highest BCUT2D eigenvalue weighted by Gasteiger charge is 2.21. The quantitative estimate of drug-likeness (QED) is 0.729. The third kappa shape index (κ3) is 1.52. The van der Waals surface area contributed by atoms with Crippen molar-refractivity contribution in [2.45, 2.75) is 25.8 Å². The molecule has 1 aliphatic heterocycles. The topological polar surface area (TPSA) is 12.0 Å². The molecule has 1 aromatic rings. The number of hydrogen-bond donors (Lipinski definition) is 1. The Hall–Kier alpha value is -0.960. The summed E-state index contributed by atoms with van der Waals surface area (Å²) in [5.74, 6) is -1.40. The maximum Gasteiger partial charge on any atom is 0.163 e. The summed E-state index contributed by atoms with van der Waals surface area (Å²) in [4.78, 5) is 0. The van der Waals surface area contributed by atoms with Crippen molar-refractivity contribution in [3.8, 4) is 0 Å². The lowest BCUT2D eigenvalue weighted by molar-refractivity contribution is 0.476. The van der Waals surface area contributed by atoms with Gasteiger partial charge in [-0.3, -0.25) is 0 Å². The molecule has 0 spiro atoms. The summed E-state index contributed by atoms with van der Waals surface area (Å²) in [7, 11) is 0. The van der Waals surface area contributed by atoms with Crippen LogP contribution < -0.4 is 5.32 Å². The molecule has 76 valence electrons. The molecule has 0 radical (unpaired) electrons. The highest BCUT2D eigenvalue weighted by Crippen LogP contribution is 2.27. The highest BCUT2D eigenvalue weighted by atomic mass is 19.2. The molecule has 0 amide bonds. The summed E-state index contributed by atoms with van der Waals surface area (Å²) in [5.41, 5.74) is 0.829. The number of nitrogens with one attached hydrogen (secondary N) is 1. The number of aryl methyl sites for hydroxylation is 1. The van der Waals surface area contributed by atoms with Crippen molar-refractivity contribution in [2.75, 3.05) is 6.54 Å². The molecule has 14 heavy (non-hydrogen) atoms. The van der Waals surface area contributed by atoms with E-state index >= 15 is 0 Å². The Kier molecular flexibility index (Phi) is 2.50. The molecule has 0 aliphatic carbocycles. The first kappa shape index (κ1) is 9.59. The fraction of sp³-hybridized carbons (Fsp3) is 0.455. The van der Waals surface area contributed by atoms with E-state index in [1.165, 1.54) is 0 Å². The van der Waals surface area contributed by atoms with Gasteiger partial charge in [-0.2, -0.15) is 0 Å². The Morgan fingerprint density at radius 3 is 2.71 bits per heavy atom. The summed E-state index contributed by atoms with van der Waals surface area (Å²) >= 11 is 0. The molecule has 1 saturated heterocycles. The van der Waals surface area contributed by atoms with Gasteiger partial charge in [-0.05, 0) is 31.9 Å². The molecule has 1 aliphatic rings. The van der Waals surface area contributed by atoms with E-state index in [0.29, 0.717) is 11.1 Å². The molecule has 1 atom stereocenters. The van der Waals surface area contributed by atoms with Crippen LogP contribution in [0.4, 0.5) is 8.78 Å². The summed E-state index contributed by atoms with van der Waals surface area (Å²) in [6.07, 6.45) is 1.92. The highest BCUT2D eigenvalue weighted by molar-refractivity contribution is 5.28. The van der Waals surface area contributed by atoms with Crippen LogP contribution in [0.3, 0.4) is 0 Å². The fourth-order valence-corrected chi connectivity index (χ4v) is 1.88. The molecule has 1 nitrogen and oxygen atoms in total. The molecule has 0 bridgehead atoms. The van der Waals surface area contributed by atoms with Crippen molar-refractivity contribution >= 4 is 0 Å². The first-order chi connectivity index (χ1) is 6.70. The molecule has 1 N–H and O–H groups in total. The van der Waals surface area contributed by atoms with Crippen LogP contribution in [0.1, 0.15) is 30.0 Å². The minimum atomic E-state index is -0.712. The number of benzene rings is 1. The summed E-state index contributed by atoms with van der Waals surface area (Å²) in [6.45, 7) is 2.46. The Morgan fingerprint density at radius 2 is 2.07 bits per heavy atom. The van der Waals surface area contributed by atoms with E-state index in [-0.39, 0.29) is 6.04 Å². The lowest BCUT2D eigenvalue weighted by Gasteiger charge is -2.12. The van der Waals surface area contributed by atoms with Gasteiger partial charge in [0.25, 0.3) is 0 Å². The Labute approximate surface area is 82.1 Å². The van der Waals surface area contributed by atoms with Crippen molar-refractivity contribution in [3.63, 3.8) is 0 Å². The molecular weight excluding hydrogens is 184 g/mol. The van der Waals surface area contributed by atoms with Gasteiger partial charge in [0.05, 0.1) is 0 Å². The SMILES string of the molecule is Cc1ccc(C2CCCN2)c(F)c1F. The first-order valence-corrected chi connectivity index (χ1v) is 4.88. The van der Waals surface area contributed by atoms with Crippen LogP contribution in [-0.4, -0.2) is 6.54 Å². The lowest BCUT2D eigenvalue weighted by atomic mass is 10.0. The van der Waals surface area contributed by atoms with Gasteiger partial charge in [-0.15, -0.1) is 0 Å². The van der Waals surface area contributed by atoms with E-state index < -0.39 is 11.6 Å². The maximum absolute atomic E-state index is 13.5. The maximum atomic E-state index is 13.5. The number of halogens is 2. The van der Waals surface area contributed by atoms with Crippen LogP contribution >= 0.6 is 0 Å². The summed E-state index contributed by atoms with van der Waals surface area (Å²) in [5, 5.41) is 3.15. The predicted octanol–water partition coefficient (Wildman–Crippen LogP) is 2.70. The zero-order valence-corrected chi connectivity index (χ0v) is 8.11. The van der Waals surface area contributed by atoms with E-state index in [4.69, 9.17) is 0 Å². The summed E-state index contributed by atoms with van der Waals surface area (Å²) < 4.78 is 26.7. The second-order valence-electron chi connectivity index (χ2n) is 3.75. The average Bonchev–Trinajstić information content (AvgIpc) is 2.67. The van der Waals surface area contributed by atoms with Crippen LogP contribution in [0.5, 0.6) is 0 Å². The monoisotopic (exact) mass is 197 g/mol. The van der Waals surface area contributed by atoms with Gasteiger partial charge in [-0.1, -0.05) is 12.1 Å². The zero-order valence-electron chi connectivity index (χ0n) is 8.11. The van der Waals surface area contributed by atoms with Gasteiger partial charge in [-0.25, -0.2) is 8.78 Å². The minimum Gasteiger partial charge on any atom is -0.310 e. The van der Waals surface area contributed by atoms with Crippen molar-refractivity contribution < 1.29 is 8.78 Å². The minimum absolute atomic E-state index is 0.00917. The predicted molar refractivity (Wildman–Crippen MR) is 51.1 cm³/mol. The van der Waals surface area contributed by atoms with Crippen molar-refractivity contribution in [3.05, 3.63) is 34.9 Å². The van der Waals surface area contributed by atoms with E-state index in [9.17, 15) is 8.78 Å². The molecule has 1 unspecified atom stereocenters. The standard InChI is InChI=1S/C11H13F2N/c1-7-4-5-8(11(13)10(7)12)9-3-2-6-14-9/h4-5,9,14H,2-3,6H2,1H3. The lowest BCUT2D eigenvalue weighted by Crippen LogP contribution is -2.15. The third-order valence-electron chi connectivity index (χ3n) is 2.74. The van der Waals surface area contributed by atoms with Crippen LogP contribution in [0.2, 0.25) is 0 Å². The van der Waals surface area contributed by atoms with Gasteiger partial charge in [0, 0.05) is 11.6 Å². The van der Waals surface area contributed by atoms with Crippen molar-refractivity contribution in [1.82, 2.24) is 5.32 Å². The van der Waals surface area contributed by atoms with E-state index in [0.717, 1.165) is 19.4 Å². The van der Waals surface area contributed by atoms with Gasteiger partial charge in [0.15, 0.2) is 11.6 Å². The molecule has 1 aromatic carbocycles. The first-order valence-electron chi connectivity index (χ1n) is 4.88. The van der Waals surface area contributed by atoms with E-state index in [1.54, 1.807) is 19.1 Å². The Bertz CT molecular complexity index is 343. The van der Waals surface area contributed by atoms with Crippen molar-refractivity contribution in [2.24, 2.45) is 0 Å². The molecular formula is C11H13F2N. The molecule has 0 saturated carbocycles. The second kappa shape index (κ2) is 3.65. The van der Waals surface area contributed by atoms with Gasteiger partial charge in [0.2, 0.25) is 0 Å². The number of hydrogen-bond acceptors (Lipinski definition) is 1. The average molecular weight is 197 g/mol. The second-order valence-corrected chi connectivity index (χ2v) is 3.75. The molecule has 1 heterocycles. The van der Waals surface area contributed by atoms with E-state index in [2.05, 4.69) is 5.32 Å². The van der Waals surface area contributed by atoms with E-state index in [1.807, 2.05) is 0 Å². The van der Waals surface area contributed by atoms with Crippen molar-refractivity contribution in [1.29, 1.82) is 0 Å². The zero-order chi connectivity index (χ0) is 10.1. The van der Waals surface area contributed by atoms with Gasteiger partial charge < -0.3 is 5.32 Å². The summed E-state index contributed by atoms with van der Waals surface area (Å²) in [6, 6.07) is 3.30. The smallest absolute Gasteiger partial charge is 0.163 e. The molecule has 1 fully saturated rings. The number of rotatable bonds is 1. The molecule has 2 rings (SSSR count). The third-order valence-corrected chi connectivity index (χ3v) is 2.74. The van der Waals surface area contributed by atoms with Crippen LogP contribution in [-0.2, 0) is 0 Å². The van der Waals surface area contributed by atoms with Crippen LogP contribution in [0.15, 0.2) is 12.1 Å². The normalized spacial score (nSPS) is 21.5. The Morgan fingerprint density at radius 1 is 1.29 bits per heavy atom. The van der Waals surface area contributed by atoms with Crippen LogP contribution in [0, 0.1) is 18.6 Å². The molecule has 0 aromatic heterocycles.